The minimum absolute atomic E-state index is 0.183. The van der Waals surface area contributed by atoms with Crippen LogP contribution in [0.1, 0.15) is 5.56 Å². The first-order valence-corrected chi connectivity index (χ1v) is 8.51. The number of sulfonamides is 1. The maximum absolute atomic E-state index is 12.5. The van der Waals surface area contributed by atoms with Crippen LogP contribution in [0.15, 0.2) is 41.3 Å². The predicted octanol–water partition coefficient (Wildman–Crippen LogP) is 0.469. The molecule has 0 spiro atoms. The third kappa shape index (κ3) is 4.17. The zero-order chi connectivity index (χ0) is 17.0. The Morgan fingerprint density at radius 3 is 2.13 bits per heavy atom. The van der Waals surface area contributed by atoms with Crippen molar-refractivity contribution < 1.29 is 23.1 Å². The second-order valence-corrected chi connectivity index (χ2v) is 7.15. The highest BCUT2D eigenvalue weighted by Crippen LogP contribution is 2.18. The number of amides is 1. The van der Waals surface area contributed by atoms with E-state index in [1.165, 1.54) is 9.21 Å². The van der Waals surface area contributed by atoms with Gasteiger partial charge in [0, 0.05) is 38.3 Å². The van der Waals surface area contributed by atoms with Crippen molar-refractivity contribution in [3.05, 3.63) is 42.0 Å². The number of carboxylic acid groups (broad SMARTS) is 1. The van der Waals surface area contributed by atoms with Crippen LogP contribution in [0.25, 0.3) is 0 Å². The Hall–Kier alpha value is -2.19. The third-order valence-electron chi connectivity index (χ3n) is 3.58. The smallest absolute Gasteiger partial charge is 0.328 e. The molecule has 8 heteroatoms. The van der Waals surface area contributed by atoms with E-state index in [1.807, 2.05) is 6.92 Å². The fraction of sp³-hybridized carbons (Fsp3) is 0.333. The topological polar surface area (TPSA) is 95.0 Å². The van der Waals surface area contributed by atoms with Crippen molar-refractivity contribution in [3.63, 3.8) is 0 Å². The highest BCUT2D eigenvalue weighted by atomic mass is 32.2. The molecule has 1 N–H and O–H groups in total. The fourth-order valence-electron chi connectivity index (χ4n) is 2.26. The van der Waals surface area contributed by atoms with Gasteiger partial charge in [0.25, 0.3) is 0 Å². The molecule has 1 aliphatic rings. The maximum Gasteiger partial charge on any atom is 0.328 e. The van der Waals surface area contributed by atoms with Gasteiger partial charge >= 0.3 is 5.97 Å². The lowest BCUT2D eigenvalue weighted by Crippen LogP contribution is -2.50. The lowest BCUT2D eigenvalue weighted by atomic mass is 10.2. The third-order valence-corrected chi connectivity index (χ3v) is 5.49. The number of carbonyl (C=O) groups excluding carboxylic acids is 1. The monoisotopic (exact) mass is 338 g/mol. The van der Waals surface area contributed by atoms with Crippen molar-refractivity contribution in [1.82, 2.24) is 9.21 Å². The molecule has 1 aromatic rings. The Morgan fingerprint density at radius 2 is 1.61 bits per heavy atom. The van der Waals surface area contributed by atoms with E-state index in [0.717, 1.165) is 17.7 Å². The van der Waals surface area contributed by atoms with E-state index in [1.54, 1.807) is 24.3 Å². The van der Waals surface area contributed by atoms with E-state index in [0.29, 0.717) is 0 Å². The minimum Gasteiger partial charge on any atom is -0.478 e. The van der Waals surface area contributed by atoms with E-state index in [9.17, 15) is 18.0 Å². The molecule has 1 aliphatic heterocycles. The van der Waals surface area contributed by atoms with Crippen LogP contribution in [-0.2, 0) is 19.6 Å². The second kappa shape index (κ2) is 6.93. The molecule has 23 heavy (non-hydrogen) atoms. The number of benzene rings is 1. The van der Waals surface area contributed by atoms with Gasteiger partial charge in [0.15, 0.2) is 0 Å². The molecule has 0 atom stereocenters. The molecule has 1 aromatic carbocycles. The molecule has 2 rings (SSSR count). The number of hydrogen-bond donors (Lipinski definition) is 1. The van der Waals surface area contributed by atoms with Gasteiger partial charge in [-0.1, -0.05) is 17.7 Å². The lowest BCUT2D eigenvalue weighted by Gasteiger charge is -2.33. The molecule has 0 saturated carbocycles. The second-order valence-electron chi connectivity index (χ2n) is 5.21. The van der Waals surface area contributed by atoms with Crippen molar-refractivity contribution in [3.8, 4) is 0 Å². The molecule has 1 fully saturated rings. The highest BCUT2D eigenvalue weighted by Gasteiger charge is 2.29. The summed E-state index contributed by atoms with van der Waals surface area (Å²) in [4.78, 5) is 23.8. The Bertz CT molecular complexity index is 717. The van der Waals surface area contributed by atoms with E-state index in [-0.39, 0.29) is 31.1 Å². The first-order chi connectivity index (χ1) is 10.8. The summed E-state index contributed by atoms with van der Waals surface area (Å²) >= 11 is 0. The average molecular weight is 338 g/mol. The summed E-state index contributed by atoms with van der Waals surface area (Å²) in [5, 5.41) is 8.51. The van der Waals surface area contributed by atoms with Crippen LogP contribution in [0.5, 0.6) is 0 Å². The van der Waals surface area contributed by atoms with Gasteiger partial charge in [-0.05, 0) is 19.1 Å². The van der Waals surface area contributed by atoms with E-state index in [4.69, 9.17) is 5.11 Å². The van der Waals surface area contributed by atoms with Crippen molar-refractivity contribution in [2.24, 2.45) is 0 Å². The molecular formula is C15H18N2O5S. The molecule has 7 nitrogen and oxygen atoms in total. The van der Waals surface area contributed by atoms with Crippen LogP contribution in [0.4, 0.5) is 0 Å². The first kappa shape index (κ1) is 17.2. The summed E-state index contributed by atoms with van der Waals surface area (Å²) in [6.07, 6.45) is 1.75. The summed E-state index contributed by atoms with van der Waals surface area (Å²) in [5.41, 5.74) is 0.976. The normalized spacial score (nSPS) is 16.7. The Labute approximate surface area is 134 Å². The summed E-state index contributed by atoms with van der Waals surface area (Å²) in [5.74, 6) is -1.63. The summed E-state index contributed by atoms with van der Waals surface area (Å²) < 4.78 is 26.4. The average Bonchev–Trinajstić information content (AvgIpc) is 2.53. The van der Waals surface area contributed by atoms with Gasteiger partial charge in [0.2, 0.25) is 15.9 Å². The van der Waals surface area contributed by atoms with E-state index >= 15 is 0 Å². The number of aryl methyl sites for hydroxylation is 1. The van der Waals surface area contributed by atoms with Crippen LogP contribution in [0.3, 0.4) is 0 Å². The molecule has 124 valence electrons. The predicted molar refractivity (Wildman–Crippen MR) is 83.3 cm³/mol. The van der Waals surface area contributed by atoms with Crippen LogP contribution < -0.4 is 0 Å². The van der Waals surface area contributed by atoms with Crippen molar-refractivity contribution >= 4 is 21.9 Å². The van der Waals surface area contributed by atoms with Gasteiger partial charge in [0.05, 0.1) is 4.90 Å². The number of rotatable bonds is 4. The van der Waals surface area contributed by atoms with Gasteiger partial charge in [-0.3, -0.25) is 4.79 Å². The summed E-state index contributed by atoms with van der Waals surface area (Å²) in [7, 11) is -3.57. The van der Waals surface area contributed by atoms with Gasteiger partial charge in [-0.2, -0.15) is 4.31 Å². The maximum atomic E-state index is 12.5. The Kier molecular flexibility index (Phi) is 5.17. The van der Waals surface area contributed by atoms with Crippen LogP contribution >= 0.6 is 0 Å². The largest absolute Gasteiger partial charge is 0.478 e. The van der Waals surface area contributed by atoms with Crippen LogP contribution in [-0.4, -0.2) is 60.8 Å². The zero-order valence-corrected chi connectivity index (χ0v) is 13.5. The van der Waals surface area contributed by atoms with E-state index in [2.05, 4.69) is 0 Å². The zero-order valence-electron chi connectivity index (χ0n) is 12.7. The van der Waals surface area contributed by atoms with E-state index < -0.39 is 21.9 Å². The van der Waals surface area contributed by atoms with Crippen molar-refractivity contribution in [2.45, 2.75) is 11.8 Å². The van der Waals surface area contributed by atoms with Gasteiger partial charge in [-0.25, -0.2) is 13.2 Å². The minimum atomic E-state index is -3.57. The van der Waals surface area contributed by atoms with Gasteiger partial charge < -0.3 is 10.0 Å². The van der Waals surface area contributed by atoms with Crippen LogP contribution in [0.2, 0.25) is 0 Å². The molecule has 1 amide bonds. The SMILES string of the molecule is Cc1ccc(S(=O)(=O)N2CCN(C(=O)/C=C/C(=O)O)CC2)cc1. The van der Waals surface area contributed by atoms with Gasteiger partial charge in [-0.15, -0.1) is 0 Å². The number of aliphatic carboxylic acids is 1. The van der Waals surface area contributed by atoms with Crippen molar-refractivity contribution in [2.75, 3.05) is 26.2 Å². The first-order valence-electron chi connectivity index (χ1n) is 7.07. The molecule has 1 saturated heterocycles. The molecule has 0 aromatic heterocycles. The number of nitrogens with zero attached hydrogens (tertiary/aromatic N) is 2. The number of carbonyl (C=O) groups is 2. The highest BCUT2D eigenvalue weighted by molar-refractivity contribution is 7.89. The standard InChI is InChI=1S/C15H18N2O5S/c1-12-2-4-13(5-3-12)23(21,22)17-10-8-16(9-11-17)14(18)6-7-15(19)20/h2-7H,8-11H2,1H3,(H,19,20)/b7-6+. The summed E-state index contributed by atoms with van der Waals surface area (Å²) in [6.45, 7) is 2.71. The fourth-order valence-corrected chi connectivity index (χ4v) is 3.68. The number of carboxylic acids is 1. The Balaban J connectivity index is 2.02. The quantitative estimate of drug-likeness (QED) is 0.805. The van der Waals surface area contributed by atoms with Gasteiger partial charge in [0.1, 0.15) is 0 Å². The number of hydrogen-bond acceptors (Lipinski definition) is 4. The summed E-state index contributed by atoms with van der Waals surface area (Å²) in [6, 6.07) is 6.61. The lowest BCUT2D eigenvalue weighted by molar-refractivity contribution is -0.132. The Morgan fingerprint density at radius 1 is 1.04 bits per heavy atom. The van der Waals surface area contributed by atoms with Crippen LogP contribution in [0, 0.1) is 6.92 Å². The molecule has 0 aliphatic carbocycles. The molecule has 0 unspecified atom stereocenters. The number of piperazine rings is 1. The molecular weight excluding hydrogens is 320 g/mol. The molecule has 1 heterocycles. The molecule has 0 radical (unpaired) electrons. The molecule has 0 bridgehead atoms. The van der Waals surface area contributed by atoms with Crippen molar-refractivity contribution in [1.29, 1.82) is 0 Å².